The monoisotopic (exact) mass is 312 g/mol. The Morgan fingerprint density at radius 1 is 1.10 bits per heavy atom. The normalized spacial score (nSPS) is 15.7. The molecular weight excluding hydrogens is 299 g/mol. The zero-order chi connectivity index (χ0) is 14.1. The summed E-state index contributed by atoms with van der Waals surface area (Å²) in [5, 5.41) is 14.5. The zero-order valence-electron chi connectivity index (χ0n) is 11.0. The highest BCUT2D eigenvalue weighted by Crippen LogP contribution is 2.35. The van der Waals surface area contributed by atoms with E-state index in [0.717, 1.165) is 42.8 Å². The number of nitrogens with one attached hydrogen (secondary N) is 1. The summed E-state index contributed by atoms with van der Waals surface area (Å²) in [4.78, 5) is 2.19. The van der Waals surface area contributed by atoms with Gasteiger partial charge in [-0.3, -0.25) is 0 Å². The third-order valence-corrected chi connectivity index (χ3v) is 4.10. The minimum Gasteiger partial charge on any atom is -0.479 e. The lowest BCUT2D eigenvalue weighted by Crippen LogP contribution is -2.44. The SMILES string of the molecule is COc1nnc(N2CCNCC2)c2cc(Cl)c(Cl)cc12. The van der Waals surface area contributed by atoms with Crippen LogP contribution in [0.15, 0.2) is 12.1 Å². The van der Waals surface area contributed by atoms with Crippen LogP contribution in [0.3, 0.4) is 0 Å². The largest absolute Gasteiger partial charge is 0.479 e. The molecule has 0 saturated carbocycles. The van der Waals surface area contributed by atoms with E-state index < -0.39 is 0 Å². The van der Waals surface area contributed by atoms with Gasteiger partial charge in [-0.2, -0.15) is 0 Å². The van der Waals surface area contributed by atoms with E-state index in [1.54, 1.807) is 13.2 Å². The molecule has 0 radical (unpaired) electrons. The van der Waals surface area contributed by atoms with Gasteiger partial charge in [-0.1, -0.05) is 23.2 Å². The Hall–Kier alpha value is -1.30. The lowest BCUT2D eigenvalue weighted by molar-refractivity contribution is 0.397. The van der Waals surface area contributed by atoms with E-state index in [4.69, 9.17) is 27.9 Å². The number of hydrogen-bond acceptors (Lipinski definition) is 5. The predicted molar refractivity (Wildman–Crippen MR) is 81.2 cm³/mol. The van der Waals surface area contributed by atoms with Crippen LogP contribution in [0.5, 0.6) is 5.88 Å². The molecule has 20 heavy (non-hydrogen) atoms. The Morgan fingerprint density at radius 3 is 2.40 bits per heavy atom. The van der Waals surface area contributed by atoms with Gasteiger partial charge in [0.05, 0.1) is 22.5 Å². The van der Waals surface area contributed by atoms with E-state index in [-0.39, 0.29) is 0 Å². The lowest BCUT2D eigenvalue weighted by atomic mass is 10.1. The summed E-state index contributed by atoms with van der Waals surface area (Å²) in [5.74, 6) is 1.28. The first-order valence-corrected chi connectivity index (χ1v) is 7.11. The number of benzene rings is 1. The molecule has 106 valence electrons. The maximum Gasteiger partial charge on any atom is 0.241 e. The number of halogens is 2. The van der Waals surface area contributed by atoms with Crippen molar-refractivity contribution in [1.29, 1.82) is 0 Å². The van der Waals surface area contributed by atoms with E-state index in [9.17, 15) is 0 Å². The van der Waals surface area contributed by atoms with Gasteiger partial charge < -0.3 is 15.0 Å². The third-order valence-electron chi connectivity index (χ3n) is 3.38. The molecular formula is C13H14Cl2N4O. The van der Waals surface area contributed by atoms with Crippen molar-refractivity contribution in [1.82, 2.24) is 15.5 Å². The summed E-state index contributed by atoms with van der Waals surface area (Å²) in [5.41, 5.74) is 0. The summed E-state index contributed by atoms with van der Waals surface area (Å²) in [6.07, 6.45) is 0. The number of rotatable bonds is 2. The molecule has 1 aromatic heterocycles. The van der Waals surface area contributed by atoms with Gasteiger partial charge in [0.15, 0.2) is 5.82 Å². The molecule has 0 aliphatic carbocycles. The van der Waals surface area contributed by atoms with Crippen LogP contribution < -0.4 is 15.0 Å². The Balaban J connectivity index is 2.19. The Labute approximate surface area is 126 Å². The van der Waals surface area contributed by atoms with Gasteiger partial charge in [0.25, 0.3) is 0 Å². The Kier molecular flexibility index (Phi) is 3.83. The van der Waals surface area contributed by atoms with E-state index >= 15 is 0 Å². The average molecular weight is 313 g/mol. The van der Waals surface area contributed by atoms with Gasteiger partial charge in [-0.15, -0.1) is 10.2 Å². The molecule has 1 fully saturated rings. The molecule has 2 aromatic rings. The number of fused-ring (bicyclic) bond motifs is 1. The molecule has 3 rings (SSSR count). The van der Waals surface area contributed by atoms with E-state index in [2.05, 4.69) is 20.4 Å². The molecule has 5 nitrogen and oxygen atoms in total. The van der Waals surface area contributed by atoms with Crippen LogP contribution in [-0.2, 0) is 0 Å². The van der Waals surface area contributed by atoms with Crippen LogP contribution in [0.4, 0.5) is 5.82 Å². The lowest BCUT2D eigenvalue weighted by Gasteiger charge is -2.29. The van der Waals surface area contributed by atoms with Crippen molar-refractivity contribution in [2.75, 3.05) is 38.2 Å². The highest BCUT2D eigenvalue weighted by Gasteiger charge is 2.18. The van der Waals surface area contributed by atoms with Crippen LogP contribution in [0.1, 0.15) is 0 Å². The minimum atomic E-state index is 0.456. The first-order valence-electron chi connectivity index (χ1n) is 6.36. The van der Waals surface area contributed by atoms with Crippen LogP contribution in [0.2, 0.25) is 10.0 Å². The van der Waals surface area contributed by atoms with Gasteiger partial charge in [0.1, 0.15) is 0 Å². The molecule has 2 heterocycles. The van der Waals surface area contributed by atoms with Crippen LogP contribution in [0, 0.1) is 0 Å². The molecule has 0 atom stereocenters. The molecule has 1 N–H and O–H groups in total. The minimum absolute atomic E-state index is 0.456. The number of anilines is 1. The smallest absolute Gasteiger partial charge is 0.241 e. The molecule has 0 spiro atoms. The van der Waals surface area contributed by atoms with Crippen molar-refractivity contribution in [3.8, 4) is 5.88 Å². The number of nitrogens with zero attached hydrogens (tertiary/aromatic N) is 3. The van der Waals surface area contributed by atoms with Crippen LogP contribution >= 0.6 is 23.2 Å². The number of piperazine rings is 1. The quantitative estimate of drug-likeness (QED) is 0.922. The fourth-order valence-electron chi connectivity index (χ4n) is 2.37. The topological polar surface area (TPSA) is 50.3 Å². The fraction of sp³-hybridized carbons (Fsp3) is 0.385. The molecule has 7 heteroatoms. The van der Waals surface area contributed by atoms with Gasteiger partial charge in [-0.25, -0.2) is 0 Å². The maximum atomic E-state index is 6.14. The van der Waals surface area contributed by atoms with Crippen LogP contribution in [0.25, 0.3) is 10.8 Å². The summed E-state index contributed by atoms with van der Waals surface area (Å²) >= 11 is 12.2. The second-order valence-corrected chi connectivity index (χ2v) is 5.40. The average Bonchev–Trinajstić information content (AvgIpc) is 2.48. The molecule has 1 aliphatic heterocycles. The molecule has 0 amide bonds. The number of aromatic nitrogens is 2. The van der Waals surface area contributed by atoms with Crippen molar-refractivity contribution in [3.05, 3.63) is 22.2 Å². The maximum absolute atomic E-state index is 6.14. The summed E-state index contributed by atoms with van der Waals surface area (Å²) in [6, 6.07) is 3.60. The molecule has 1 aromatic carbocycles. The standard InChI is InChI=1S/C13H14Cl2N4O/c1-20-13-9-7-11(15)10(14)6-8(9)12(17-18-13)19-4-2-16-3-5-19/h6-7,16H,2-5H2,1H3. The molecule has 0 bridgehead atoms. The van der Waals surface area contributed by atoms with Gasteiger partial charge in [-0.05, 0) is 12.1 Å². The van der Waals surface area contributed by atoms with Crippen LogP contribution in [-0.4, -0.2) is 43.5 Å². The molecule has 0 unspecified atom stereocenters. The fourth-order valence-corrected chi connectivity index (χ4v) is 2.70. The zero-order valence-corrected chi connectivity index (χ0v) is 12.5. The number of methoxy groups -OCH3 is 1. The van der Waals surface area contributed by atoms with Gasteiger partial charge >= 0.3 is 0 Å². The Bertz CT molecular complexity index is 644. The molecule has 1 aliphatic rings. The second-order valence-electron chi connectivity index (χ2n) is 4.58. The van der Waals surface area contributed by atoms with Gasteiger partial charge in [0, 0.05) is 31.6 Å². The highest BCUT2D eigenvalue weighted by atomic mass is 35.5. The van der Waals surface area contributed by atoms with E-state index in [1.807, 2.05) is 6.07 Å². The Morgan fingerprint density at radius 2 is 1.75 bits per heavy atom. The second kappa shape index (κ2) is 5.60. The van der Waals surface area contributed by atoms with Gasteiger partial charge in [0.2, 0.25) is 5.88 Å². The van der Waals surface area contributed by atoms with Crippen molar-refractivity contribution >= 4 is 39.8 Å². The summed E-state index contributed by atoms with van der Waals surface area (Å²) in [6.45, 7) is 3.62. The number of hydrogen-bond donors (Lipinski definition) is 1. The third kappa shape index (κ3) is 2.37. The molecule has 1 saturated heterocycles. The van der Waals surface area contributed by atoms with E-state index in [1.165, 1.54) is 0 Å². The van der Waals surface area contributed by atoms with Crippen molar-refractivity contribution in [2.45, 2.75) is 0 Å². The summed E-state index contributed by atoms with van der Waals surface area (Å²) < 4.78 is 5.26. The van der Waals surface area contributed by atoms with Crippen molar-refractivity contribution in [2.24, 2.45) is 0 Å². The van der Waals surface area contributed by atoms with Crippen molar-refractivity contribution < 1.29 is 4.74 Å². The number of ether oxygens (including phenoxy) is 1. The first kappa shape index (κ1) is 13.7. The first-order chi connectivity index (χ1) is 9.70. The van der Waals surface area contributed by atoms with E-state index in [0.29, 0.717) is 15.9 Å². The summed E-state index contributed by atoms with van der Waals surface area (Å²) in [7, 11) is 1.57. The highest BCUT2D eigenvalue weighted by molar-refractivity contribution is 6.43. The van der Waals surface area contributed by atoms with Crippen molar-refractivity contribution in [3.63, 3.8) is 0 Å². The predicted octanol–water partition coefficient (Wildman–Crippen LogP) is 2.35.